The Morgan fingerprint density at radius 2 is 1.71 bits per heavy atom. The number of benzene rings is 1. The van der Waals surface area contributed by atoms with E-state index in [2.05, 4.69) is 18.7 Å². The number of sulfonamides is 1. The second kappa shape index (κ2) is 9.76. The van der Waals surface area contributed by atoms with Crippen LogP contribution in [-0.2, 0) is 16.4 Å². The van der Waals surface area contributed by atoms with Crippen LogP contribution in [0.3, 0.4) is 0 Å². The van der Waals surface area contributed by atoms with E-state index in [1.54, 1.807) is 0 Å². The predicted octanol–water partition coefficient (Wildman–Crippen LogP) is 2.48. The zero-order chi connectivity index (χ0) is 18.2. The number of primary sulfonamides is 1. The zero-order valence-electron chi connectivity index (χ0n) is 14.5. The molecule has 0 saturated heterocycles. The van der Waals surface area contributed by atoms with Crippen LogP contribution in [0.25, 0.3) is 0 Å². The normalized spacial score (nSPS) is 11.8. The monoisotopic (exact) mass is 356 g/mol. The van der Waals surface area contributed by atoms with Crippen LogP contribution in [0.5, 0.6) is 0 Å². The van der Waals surface area contributed by atoms with Crippen LogP contribution >= 0.6 is 0 Å². The van der Waals surface area contributed by atoms with Gasteiger partial charge in [0.25, 0.3) is 0 Å². The summed E-state index contributed by atoms with van der Waals surface area (Å²) in [6.07, 6.45) is 4.87. The van der Waals surface area contributed by atoms with Crippen molar-refractivity contribution in [1.82, 2.24) is 4.90 Å². The summed E-state index contributed by atoms with van der Waals surface area (Å²) >= 11 is 0. The second-order valence-corrected chi connectivity index (χ2v) is 7.53. The molecule has 0 radical (unpaired) electrons. The molecule has 0 saturated carbocycles. The van der Waals surface area contributed by atoms with Gasteiger partial charge in [0.2, 0.25) is 10.0 Å². The molecule has 0 aliphatic rings. The van der Waals surface area contributed by atoms with E-state index in [0.29, 0.717) is 18.5 Å². The molecule has 7 heteroatoms. The number of carboxylic acids is 1. The SMILES string of the molecule is CCCCN(CCCC)CCc1cc(S(N)(=O)=O)ccc1C(=O)O. The quantitative estimate of drug-likeness (QED) is 0.634. The summed E-state index contributed by atoms with van der Waals surface area (Å²) < 4.78 is 23.0. The van der Waals surface area contributed by atoms with Crippen LogP contribution in [-0.4, -0.2) is 44.0 Å². The Morgan fingerprint density at radius 1 is 1.12 bits per heavy atom. The summed E-state index contributed by atoms with van der Waals surface area (Å²) in [5.74, 6) is -1.06. The first-order valence-electron chi connectivity index (χ1n) is 8.41. The van der Waals surface area contributed by atoms with Gasteiger partial charge in [-0.15, -0.1) is 0 Å². The molecular formula is C17H28N2O4S. The lowest BCUT2D eigenvalue weighted by atomic mass is 10.0. The molecule has 0 bridgehead atoms. The first kappa shape index (κ1) is 20.6. The highest BCUT2D eigenvalue weighted by molar-refractivity contribution is 7.89. The lowest BCUT2D eigenvalue weighted by Gasteiger charge is -2.22. The third kappa shape index (κ3) is 6.59. The number of hydrogen-bond acceptors (Lipinski definition) is 4. The number of rotatable bonds is 11. The molecule has 0 aliphatic heterocycles. The predicted molar refractivity (Wildman–Crippen MR) is 94.7 cm³/mol. The summed E-state index contributed by atoms with van der Waals surface area (Å²) in [4.78, 5) is 13.6. The average molecular weight is 356 g/mol. The molecule has 0 atom stereocenters. The highest BCUT2D eigenvalue weighted by Crippen LogP contribution is 2.17. The van der Waals surface area contributed by atoms with Gasteiger partial charge in [-0.25, -0.2) is 18.4 Å². The molecule has 0 amide bonds. The van der Waals surface area contributed by atoms with Crippen molar-refractivity contribution < 1.29 is 18.3 Å². The highest BCUT2D eigenvalue weighted by atomic mass is 32.2. The molecule has 3 N–H and O–H groups in total. The molecule has 0 aliphatic carbocycles. The van der Waals surface area contributed by atoms with Gasteiger partial charge in [0, 0.05) is 6.54 Å². The van der Waals surface area contributed by atoms with E-state index in [1.165, 1.54) is 18.2 Å². The van der Waals surface area contributed by atoms with E-state index >= 15 is 0 Å². The minimum atomic E-state index is -3.84. The van der Waals surface area contributed by atoms with Gasteiger partial charge in [-0.2, -0.15) is 0 Å². The van der Waals surface area contributed by atoms with Crippen molar-refractivity contribution in [2.45, 2.75) is 50.8 Å². The van der Waals surface area contributed by atoms with Crippen LogP contribution in [0, 0.1) is 0 Å². The molecule has 1 aromatic rings. The highest BCUT2D eigenvalue weighted by Gasteiger charge is 2.16. The Balaban J connectivity index is 2.94. The average Bonchev–Trinajstić information content (AvgIpc) is 2.52. The summed E-state index contributed by atoms with van der Waals surface area (Å²) in [6, 6.07) is 3.95. The van der Waals surface area contributed by atoms with Crippen molar-refractivity contribution in [1.29, 1.82) is 0 Å². The number of hydrogen-bond donors (Lipinski definition) is 2. The van der Waals surface area contributed by atoms with Crippen LogP contribution in [0.15, 0.2) is 23.1 Å². The fourth-order valence-corrected chi connectivity index (χ4v) is 3.10. The Bertz CT molecular complexity index is 636. The van der Waals surface area contributed by atoms with Crippen LogP contribution in [0.2, 0.25) is 0 Å². The smallest absolute Gasteiger partial charge is 0.335 e. The minimum absolute atomic E-state index is 0.0452. The van der Waals surface area contributed by atoms with Gasteiger partial charge in [0.1, 0.15) is 0 Å². The second-order valence-electron chi connectivity index (χ2n) is 5.97. The maximum Gasteiger partial charge on any atom is 0.335 e. The number of nitrogens with two attached hydrogens (primary N) is 1. The van der Waals surface area contributed by atoms with E-state index in [-0.39, 0.29) is 10.5 Å². The van der Waals surface area contributed by atoms with Gasteiger partial charge in [-0.1, -0.05) is 26.7 Å². The van der Waals surface area contributed by atoms with Gasteiger partial charge >= 0.3 is 5.97 Å². The summed E-state index contributed by atoms with van der Waals surface area (Å²) in [6.45, 7) is 6.90. The van der Waals surface area contributed by atoms with Crippen molar-refractivity contribution in [3.8, 4) is 0 Å². The molecule has 136 valence electrons. The van der Waals surface area contributed by atoms with Gasteiger partial charge in [0.05, 0.1) is 10.5 Å². The topological polar surface area (TPSA) is 101 Å². The van der Waals surface area contributed by atoms with E-state index in [9.17, 15) is 18.3 Å². The third-order valence-corrected chi connectivity index (χ3v) is 4.90. The molecule has 0 fully saturated rings. The van der Waals surface area contributed by atoms with E-state index < -0.39 is 16.0 Å². The Kier molecular flexibility index (Phi) is 8.38. The Hall–Kier alpha value is -1.44. The maximum absolute atomic E-state index is 11.5. The molecular weight excluding hydrogens is 328 g/mol. The van der Waals surface area contributed by atoms with Crippen molar-refractivity contribution >= 4 is 16.0 Å². The first-order chi connectivity index (χ1) is 11.3. The fraction of sp³-hybridized carbons (Fsp3) is 0.588. The van der Waals surface area contributed by atoms with Crippen molar-refractivity contribution in [3.05, 3.63) is 29.3 Å². The lowest BCUT2D eigenvalue weighted by Crippen LogP contribution is -2.28. The van der Waals surface area contributed by atoms with Gasteiger partial charge in [0.15, 0.2) is 0 Å². The van der Waals surface area contributed by atoms with Gasteiger partial charge in [-0.3, -0.25) is 0 Å². The van der Waals surface area contributed by atoms with Crippen molar-refractivity contribution in [3.63, 3.8) is 0 Å². The summed E-state index contributed by atoms with van der Waals surface area (Å²) in [5.41, 5.74) is 0.639. The largest absolute Gasteiger partial charge is 0.478 e. The van der Waals surface area contributed by atoms with Gasteiger partial charge in [-0.05, 0) is 56.1 Å². The maximum atomic E-state index is 11.5. The van der Waals surface area contributed by atoms with Gasteiger partial charge < -0.3 is 10.0 Å². The number of unbranched alkanes of at least 4 members (excludes halogenated alkanes) is 2. The third-order valence-electron chi connectivity index (χ3n) is 3.99. The van der Waals surface area contributed by atoms with Crippen LogP contribution in [0.4, 0.5) is 0 Å². The standard InChI is InChI=1S/C17H28N2O4S/c1-3-5-10-19(11-6-4-2)12-9-14-13-15(24(18,22)23)7-8-16(14)17(20)21/h7-8,13H,3-6,9-12H2,1-2H3,(H,20,21)(H2,18,22,23). The minimum Gasteiger partial charge on any atom is -0.478 e. The van der Waals surface area contributed by atoms with Crippen LogP contribution in [0.1, 0.15) is 55.5 Å². The first-order valence-corrected chi connectivity index (χ1v) is 9.95. The number of aromatic carboxylic acids is 1. The van der Waals surface area contributed by atoms with Crippen LogP contribution < -0.4 is 5.14 Å². The molecule has 0 heterocycles. The Labute approximate surface area is 144 Å². The molecule has 0 aromatic heterocycles. The summed E-state index contributed by atoms with van der Waals surface area (Å²) in [7, 11) is -3.84. The Morgan fingerprint density at radius 3 is 2.17 bits per heavy atom. The van der Waals surface area contributed by atoms with E-state index in [1.807, 2.05) is 0 Å². The molecule has 6 nitrogen and oxygen atoms in total. The molecule has 24 heavy (non-hydrogen) atoms. The molecule has 0 unspecified atom stereocenters. The molecule has 1 rings (SSSR count). The van der Waals surface area contributed by atoms with E-state index in [0.717, 1.165) is 38.8 Å². The fourth-order valence-electron chi connectivity index (χ4n) is 2.54. The summed E-state index contributed by atoms with van der Waals surface area (Å²) in [5, 5.41) is 14.5. The molecule has 1 aromatic carbocycles. The number of nitrogens with zero attached hydrogens (tertiary/aromatic N) is 1. The number of carbonyl (C=O) groups is 1. The number of carboxylic acid groups (broad SMARTS) is 1. The zero-order valence-corrected chi connectivity index (χ0v) is 15.3. The van der Waals surface area contributed by atoms with Crippen molar-refractivity contribution in [2.75, 3.05) is 19.6 Å². The van der Waals surface area contributed by atoms with E-state index in [4.69, 9.17) is 5.14 Å². The molecule has 0 spiro atoms. The van der Waals surface area contributed by atoms with Crippen molar-refractivity contribution in [2.24, 2.45) is 5.14 Å². The lowest BCUT2D eigenvalue weighted by molar-refractivity contribution is 0.0695.